The van der Waals surface area contributed by atoms with Gasteiger partial charge in [-0.2, -0.15) is 0 Å². The third kappa shape index (κ3) is 1.27. The molecule has 0 atom stereocenters. The average Bonchev–Trinajstić information content (AvgIpc) is 2.20. The van der Waals surface area contributed by atoms with Crippen LogP contribution in [-0.4, -0.2) is 10.1 Å². The van der Waals surface area contributed by atoms with Gasteiger partial charge in [-0.25, -0.2) is 8.78 Å². The van der Waals surface area contributed by atoms with Crippen molar-refractivity contribution in [1.29, 1.82) is 0 Å². The van der Waals surface area contributed by atoms with E-state index in [0.717, 1.165) is 6.07 Å². The molecular weight excluding hydrogens is 204 g/mol. The Hall–Kier alpha value is -1.91. The molecule has 0 fully saturated rings. The number of aryl methyl sites for hydroxylation is 1. The number of fused-ring (bicyclic) bond motifs is 1. The van der Waals surface area contributed by atoms with Crippen molar-refractivity contribution in [3.05, 3.63) is 39.7 Å². The smallest absolute Gasteiger partial charge is 0.293 e. The Morgan fingerprint density at radius 1 is 1.33 bits per heavy atom. The van der Waals surface area contributed by atoms with Crippen molar-refractivity contribution in [1.82, 2.24) is 4.98 Å². The molecule has 0 saturated carbocycles. The lowest BCUT2D eigenvalue weighted by Crippen LogP contribution is -2.09. The molecule has 0 aliphatic rings. The van der Waals surface area contributed by atoms with Gasteiger partial charge < -0.3 is 10.1 Å². The summed E-state index contributed by atoms with van der Waals surface area (Å²) in [6.45, 7) is 1.61. The van der Waals surface area contributed by atoms with Crippen LogP contribution in [-0.2, 0) is 0 Å². The van der Waals surface area contributed by atoms with Gasteiger partial charge in [-0.3, -0.25) is 4.79 Å². The van der Waals surface area contributed by atoms with E-state index in [4.69, 9.17) is 5.11 Å². The van der Waals surface area contributed by atoms with Crippen molar-refractivity contribution >= 4 is 10.9 Å². The highest BCUT2D eigenvalue weighted by Gasteiger charge is 2.15. The molecule has 0 unspecified atom stereocenters. The maximum absolute atomic E-state index is 13.4. The van der Waals surface area contributed by atoms with E-state index in [2.05, 4.69) is 4.98 Å². The van der Waals surface area contributed by atoms with E-state index in [9.17, 15) is 13.6 Å². The van der Waals surface area contributed by atoms with Crippen LogP contribution in [0.3, 0.4) is 0 Å². The molecule has 2 rings (SSSR count). The SMILES string of the molecule is Cc1ccc(F)c2c(F)c(O)c(=O)[nH]c12. The lowest BCUT2D eigenvalue weighted by Gasteiger charge is -2.05. The molecule has 15 heavy (non-hydrogen) atoms. The lowest BCUT2D eigenvalue weighted by atomic mass is 10.1. The maximum Gasteiger partial charge on any atom is 0.293 e. The number of hydrogen-bond acceptors (Lipinski definition) is 2. The Morgan fingerprint density at radius 3 is 2.67 bits per heavy atom. The first-order valence-electron chi connectivity index (χ1n) is 4.22. The van der Waals surface area contributed by atoms with Crippen LogP contribution in [0.25, 0.3) is 10.9 Å². The molecule has 78 valence electrons. The highest BCUT2D eigenvalue weighted by Crippen LogP contribution is 2.24. The predicted octanol–water partition coefficient (Wildman–Crippen LogP) is 1.82. The Bertz CT molecular complexity index is 604. The first-order valence-corrected chi connectivity index (χ1v) is 4.22. The quantitative estimate of drug-likeness (QED) is 0.698. The van der Waals surface area contributed by atoms with Crippen molar-refractivity contribution in [3.8, 4) is 5.75 Å². The maximum atomic E-state index is 13.4. The first-order chi connectivity index (χ1) is 7.02. The Balaban J connectivity index is 3.11. The van der Waals surface area contributed by atoms with Crippen molar-refractivity contribution in [2.75, 3.05) is 0 Å². The molecular formula is C10H7F2NO2. The zero-order valence-corrected chi connectivity index (χ0v) is 7.77. The minimum atomic E-state index is -1.23. The zero-order chi connectivity index (χ0) is 11.2. The van der Waals surface area contributed by atoms with Gasteiger partial charge >= 0.3 is 0 Å². The van der Waals surface area contributed by atoms with Gasteiger partial charge in [-0.15, -0.1) is 0 Å². The number of H-pyrrole nitrogens is 1. The zero-order valence-electron chi connectivity index (χ0n) is 7.77. The second-order valence-corrected chi connectivity index (χ2v) is 3.23. The van der Waals surface area contributed by atoms with Crippen molar-refractivity contribution in [2.45, 2.75) is 6.92 Å². The van der Waals surface area contributed by atoms with E-state index in [1.807, 2.05) is 0 Å². The number of halogens is 2. The van der Waals surface area contributed by atoms with E-state index >= 15 is 0 Å². The molecule has 2 N–H and O–H groups in total. The van der Waals surface area contributed by atoms with Gasteiger partial charge in [0.1, 0.15) is 5.82 Å². The van der Waals surface area contributed by atoms with E-state index in [1.54, 1.807) is 6.92 Å². The molecule has 0 bridgehead atoms. The topological polar surface area (TPSA) is 53.1 Å². The summed E-state index contributed by atoms with van der Waals surface area (Å²) >= 11 is 0. The van der Waals surface area contributed by atoms with Crippen LogP contribution >= 0.6 is 0 Å². The molecule has 2 aromatic rings. The fraction of sp³-hybridized carbons (Fsp3) is 0.100. The molecule has 1 aromatic carbocycles. The van der Waals surface area contributed by atoms with Crippen molar-refractivity contribution in [3.63, 3.8) is 0 Å². The molecule has 5 heteroatoms. The molecule has 0 aliphatic heterocycles. The second-order valence-electron chi connectivity index (χ2n) is 3.23. The molecule has 1 heterocycles. The number of aromatic hydroxyl groups is 1. The fourth-order valence-corrected chi connectivity index (χ4v) is 1.45. The summed E-state index contributed by atoms with van der Waals surface area (Å²) in [5.74, 6) is -3.14. The number of rotatable bonds is 0. The van der Waals surface area contributed by atoms with Crippen molar-refractivity contribution < 1.29 is 13.9 Å². The number of hydrogen-bond donors (Lipinski definition) is 2. The van der Waals surface area contributed by atoms with E-state index in [-0.39, 0.29) is 5.52 Å². The van der Waals surface area contributed by atoms with Crippen LogP contribution in [0.15, 0.2) is 16.9 Å². The Labute approximate surface area is 83.0 Å². The Morgan fingerprint density at radius 2 is 2.00 bits per heavy atom. The number of aromatic amines is 1. The van der Waals surface area contributed by atoms with E-state index in [1.165, 1.54) is 6.07 Å². The molecule has 0 saturated heterocycles. The Kier molecular flexibility index (Phi) is 1.96. The predicted molar refractivity (Wildman–Crippen MR) is 50.9 cm³/mol. The summed E-state index contributed by atoms with van der Waals surface area (Å²) in [6, 6.07) is 2.50. The van der Waals surface area contributed by atoms with Crippen LogP contribution in [0.5, 0.6) is 5.75 Å². The van der Waals surface area contributed by atoms with Crippen molar-refractivity contribution in [2.24, 2.45) is 0 Å². The minimum Gasteiger partial charge on any atom is -0.501 e. The first kappa shape index (κ1) is 9.64. The van der Waals surface area contributed by atoms with Crippen LogP contribution in [0, 0.1) is 18.6 Å². The highest BCUT2D eigenvalue weighted by atomic mass is 19.1. The number of aromatic nitrogens is 1. The van der Waals surface area contributed by atoms with Gasteiger partial charge in [0.2, 0.25) is 5.75 Å². The summed E-state index contributed by atoms with van der Waals surface area (Å²) in [7, 11) is 0. The molecule has 3 nitrogen and oxygen atoms in total. The third-order valence-electron chi connectivity index (χ3n) is 2.24. The van der Waals surface area contributed by atoms with Gasteiger partial charge in [0, 0.05) is 0 Å². The summed E-state index contributed by atoms with van der Waals surface area (Å²) < 4.78 is 26.7. The lowest BCUT2D eigenvalue weighted by molar-refractivity contribution is 0.426. The summed E-state index contributed by atoms with van der Waals surface area (Å²) in [5, 5.41) is 8.64. The van der Waals surface area contributed by atoms with Crippen LogP contribution in [0.1, 0.15) is 5.56 Å². The second kappa shape index (κ2) is 3.05. The van der Waals surface area contributed by atoms with Gasteiger partial charge in [0.05, 0.1) is 10.9 Å². The summed E-state index contributed by atoms with van der Waals surface area (Å²) in [6.07, 6.45) is 0. The third-order valence-corrected chi connectivity index (χ3v) is 2.24. The summed E-state index contributed by atoms with van der Waals surface area (Å²) in [4.78, 5) is 13.3. The van der Waals surface area contributed by atoms with Crippen LogP contribution in [0.2, 0.25) is 0 Å². The standard InChI is InChI=1S/C10H7F2NO2/c1-4-2-3-5(11)6-7(12)9(14)10(15)13-8(4)6/h2-3,14H,1H3,(H,13,15). The largest absolute Gasteiger partial charge is 0.501 e. The normalized spacial score (nSPS) is 10.9. The van der Waals surface area contributed by atoms with Gasteiger partial charge in [-0.1, -0.05) is 6.07 Å². The number of benzene rings is 1. The monoisotopic (exact) mass is 211 g/mol. The number of nitrogens with one attached hydrogen (secondary N) is 1. The fourth-order valence-electron chi connectivity index (χ4n) is 1.45. The van der Waals surface area contributed by atoms with E-state index < -0.39 is 28.3 Å². The molecule has 0 radical (unpaired) electrons. The molecule has 0 aliphatic carbocycles. The van der Waals surface area contributed by atoms with Crippen LogP contribution in [0.4, 0.5) is 8.78 Å². The van der Waals surface area contributed by atoms with Gasteiger partial charge in [-0.05, 0) is 18.6 Å². The molecule has 1 aromatic heterocycles. The van der Waals surface area contributed by atoms with Gasteiger partial charge in [0.25, 0.3) is 5.56 Å². The number of pyridine rings is 1. The minimum absolute atomic E-state index is 0.0651. The molecule has 0 spiro atoms. The highest BCUT2D eigenvalue weighted by molar-refractivity contribution is 5.83. The van der Waals surface area contributed by atoms with Crippen LogP contribution < -0.4 is 5.56 Å². The average molecular weight is 211 g/mol. The molecule has 0 amide bonds. The van der Waals surface area contributed by atoms with E-state index in [0.29, 0.717) is 5.56 Å². The summed E-state index contributed by atoms with van der Waals surface area (Å²) in [5.41, 5.74) is -0.369. The van der Waals surface area contributed by atoms with Gasteiger partial charge in [0.15, 0.2) is 5.82 Å².